The van der Waals surface area contributed by atoms with Crippen molar-refractivity contribution in [1.29, 1.82) is 0 Å². The van der Waals surface area contributed by atoms with Gasteiger partial charge in [-0.3, -0.25) is 0 Å². The van der Waals surface area contributed by atoms with Gasteiger partial charge in [0.15, 0.2) is 0 Å². The van der Waals surface area contributed by atoms with Crippen molar-refractivity contribution < 1.29 is 0 Å². The molecule has 1 aromatic heterocycles. The third-order valence-electron chi connectivity index (χ3n) is 3.69. The normalized spacial score (nSPS) is 11.1. The van der Waals surface area contributed by atoms with E-state index in [0.717, 1.165) is 19.5 Å². The first kappa shape index (κ1) is 12.9. The third kappa shape index (κ3) is 2.91. The summed E-state index contributed by atoms with van der Waals surface area (Å²) in [5.74, 6) is 0. The van der Waals surface area contributed by atoms with Crippen LogP contribution in [0.1, 0.15) is 16.7 Å². The van der Waals surface area contributed by atoms with Gasteiger partial charge in [-0.2, -0.15) is 0 Å². The zero-order chi connectivity index (χ0) is 13.8. The van der Waals surface area contributed by atoms with E-state index in [9.17, 15) is 0 Å². The number of nitrogens with one attached hydrogen (secondary N) is 2. The topological polar surface area (TPSA) is 27.8 Å². The van der Waals surface area contributed by atoms with Gasteiger partial charge in [-0.25, -0.2) is 0 Å². The molecule has 0 aliphatic heterocycles. The Morgan fingerprint density at radius 1 is 1.00 bits per heavy atom. The van der Waals surface area contributed by atoms with E-state index < -0.39 is 0 Å². The Balaban J connectivity index is 1.55. The van der Waals surface area contributed by atoms with Gasteiger partial charge in [0.05, 0.1) is 0 Å². The second kappa shape index (κ2) is 5.93. The summed E-state index contributed by atoms with van der Waals surface area (Å²) < 4.78 is 0. The number of aryl methyl sites for hydroxylation is 1. The fourth-order valence-corrected chi connectivity index (χ4v) is 2.52. The molecule has 0 saturated carbocycles. The molecule has 20 heavy (non-hydrogen) atoms. The molecule has 0 spiro atoms. The molecule has 0 amide bonds. The molecule has 2 heteroatoms. The van der Waals surface area contributed by atoms with Crippen LogP contribution in [0.2, 0.25) is 0 Å². The van der Waals surface area contributed by atoms with Gasteiger partial charge in [0.1, 0.15) is 0 Å². The van der Waals surface area contributed by atoms with Gasteiger partial charge in [-0.05, 0) is 42.5 Å². The number of H-pyrrole nitrogens is 1. The maximum atomic E-state index is 3.51. The Kier molecular flexibility index (Phi) is 3.84. The second-order valence-corrected chi connectivity index (χ2v) is 5.27. The first-order valence-electron chi connectivity index (χ1n) is 7.14. The van der Waals surface area contributed by atoms with Crippen LogP contribution in [0.5, 0.6) is 0 Å². The van der Waals surface area contributed by atoms with Crippen LogP contribution in [-0.2, 0) is 13.0 Å². The molecule has 0 atom stereocenters. The first-order valence-corrected chi connectivity index (χ1v) is 7.14. The highest BCUT2D eigenvalue weighted by Crippen LogP contribution is 2.17. The third-order valence-corrected chi connectivity index (χ3v) is 3.69. The van der Waals surface area contributed by atoms with Crippen LogP contribution in [0.3, 0.4) is 0 Å². The van der Waals surface area contributed by atoms with Gasteiger partial charge in [0, 0.05) is 18.3 Å². The van der Waals surface area contributed by atoms with E-state index in [1.54, 1.807) is 0 Å². The van der Waals surface area contributed by atoms with Crippen molar-refractivity contribution in [3.8, 4) is 0 Å². The van der Waals surface area contributed by atoms with Crippen LogP contribution in [0.15, 0.2) is 54.7 Å². The summed E-state index contributed by atoms with van der Waals surface area (Å²) >= 11 is 0. The lowest BCUT2D eigenvalue weighted by atomic mass is 10.1. The Hall–Kier alpha value is -2.06. The van der Waals surface area contributed by atoms with Crippen molar-refractivity contribution in [1.82, 2.24) is 10.3 Å². The number of benzene rings is 2. The summed E-state index contributed by atoms with van der Waals surface area (Å²) in [6.45, 7) is 4.04. The summed E-state index contributed by atoms with van der Waals surface area (Å²) in [4.78, 5) is 3.33. The average Bonchev–Trinajstić information content (AvgIpc) is 2.94. The largest absolute Gasteiger partial charge is 0.361 e. The van der Waals surface area contributed by atoms with Crippen LogP contribution in [0, 0.1) is 6.92 Å². The second-order valence-electron chi connectivity index (χ2n) is 5.27. The summed E-state index contributed by atoms with van der Waals surface area (Å²) in [6, 6.07) is 17.3. The van der Waals surface area contributed by atoms with Crippen molar-refractivity contribution >= 4 is 10.9 Å². The minimum absolute atomic E-state index is 0.932. The van der Waals surface area contributed by atoms with E-state index in [-0.39, 0.29) is 0 Å². The first-order chi connectivity index (χ1) is 9.83. The average molecular weight is 264 g/mol. The molecule has 0 aliphatic carbocycles. The maximum absolute atomic E-state index is 3.51. The quantitative estimate of drug-likeness (QED) is 0.674. The van der Waals surface area contributed by atoms with Crippen LogP contribution < -0.4 is 5.32 Å². The summed E-state index contributed by atoms with van der Waals surface area (Å²) in [5, 5.41) is 4.81. The summed E-state index contributed by atoms with van der Waals surface area (Å²) in [5.41, 5.74) is 5.30. The monoisotopic (exact) mass is 264 g/mol. The number of aromatic nitrogens is 1. The highest BCUT2D eigenvalue weighted by atomic mass is 14.8. The summed E-state index contributed by atoms with van der Waals surface area (Å²) in [6.07, 6.45) is 3.05. The fraction of sp³-hybridized carbons (Fsp3) is 0.222. The zero-order valence-electron chi connectivity index (χ0n) is 11.8. The molecule has 0 radical (unpaired) electrons. The molecule has 2 aromatic carbocycles. The number of rotatable bonds is 5. The highest BCUT2D eigenvalue weighted by Gasteiger charge is 2.01. The van der Waals surface area contributed by atoms with E-state index in [4.69, 9.17) is 0 Å². The van der Waals surface area contributed by atoms with Crippen LogP contribution in [0.25, 0.3) is 10.9 Å². The SMILES string of the molecule is Cc1ccc(CNCCc2cccc3cc[nH]c23)cc1. The lowest BCUT2D eigenvalue weighted by Gasteiger charge is -2.06. The molecular weight excluding hydrogens is 244 g/mol. The lowest BCUT2D eigenvalue weighted by molar-refractivity contribution is 0.688. The Morgan fingerprint density at radius 2 is 1.85 bits per heavy atom. The van der Waals surface area contributed by atoms with Gasteiger partial charge in [-0.15, -0.1) is 0 Å². The minimum atomic E-state index is 0.932. The molecule has 0 aliphatic rings. The van der Waals surface area contributed by atoms with Crippen LogP contribution in [0.4, 0.5) is 0 Å². The molecule has 0 saturated heterocycles. The predicted molar refractivity (Wildman–Crippen MR) is 84.9 cm³/mol. The Morgan fingerprint density at radius 3 is 2.70 bits per heavy atom. The molecule has 102 valence electrons. The van der Waals surface area contributed by atoms with Gasteiger partial charge in [-0.1, -0.05) is 48.0 Å². The van der Waals surface area contributed by atoms with Gasteiger partial charge in [0.2, 0.25) is 0 Å². The van der Waals surface area contributed by atoms with Gasteiger partial charge >= 0.3 is 0 Å². The molecule has 3 aromatic rings. The van der Waals surface area contributed by atoms with Crippen molar-refractivity contribution in [2.24, 2.45) is 0 Å². The number of fused-ring (bicyclic) bond motifs is 1. The van der Waals surface area contributed by atoms with Crippen molar-refractivity contribution in [2.75, 3.05) is 6.54 Å². The van der Waals surface area contributed by atoms with E-state index in [1.807, 2.05) is 6.20 Å². The van der Waals surface area contributed by atoms with Gasteiger partial charge < -0.3 is 10.3 Å². The van der Waals surface area contributed by atoms with Crippen LogP contribution in [-0.4, -0.2) is 11.5 Å². The zero-order valence-corrected chi connectivity index (χ0v) is 11.8. The molecule has 1 heterocycles. The Bertz CT molecular complexity index is 680. The lowest BCUT2D eigenvalue weighted by Crippen LogP contribution is -2.16. The predicted octanol–water partition coefficient (Wildman–Crippen LogP) is 3.81. The molecule has 0 fully saturated rings. The van der Waals surface area contributed by atoms with E-state index in [1.165, 1.54) is 27.6 Å². The molecule has 2 N–H and O–H groups in total. The fourth-order valence-electron chi connectivity index (χ4n) is 2.52. The number of hydrogen-bond acceptors (Lipinski definition) is 1. The number of hydrogen-bond donors (Lipinski definition) is 2. The van der Waals surface area contributed by atoms with Crippen molar-refractivity contribution in [2.45, 2.75) is 19.9 Å². The highest BCUT2D eigenvalue weighted by molar-refractivity contribution is 5.82. The molecule has 0 bridgehead atoms. The standard InChI is InChI=1S/C18H20N2/c1-14-5-7-15(8-6-14)13-19-11-9-16-3-2-4-17-10-12-20-18(16)17/h2-8,10,12,19-20H,9,11,13H2,1H3. The van der Waals surface area contributed by atoms with E-state index in [2.05, 4.69) is 65.8 Å². The Labute approximate surface area is 119 Å². The minimum Gasteiger partial charge on any atom is -0.361 e. The molecular formula is C18H20N2. The van der Waals surface area contributed by atoms with Gasteiger partial charge in [0.25, 0.3) is 0 Å². The number of para-hydroxylation sites is 1. The molecule has 0 unspecified atom stereocenters. The van der Waals surface area contributed by atoms with E-state index >= 15 is 0 Å². The van der Waals surface area contributed by atoms with Crippen molar-refractivity contribution in [3.63, 3.8) is 0 Å². The molecule has 3 rings (SSSR count). The van der Waals surface area contributed by atoms with E-state index in [0.29, 0.717) is 0 Å². The number of aromatic amines is 1. The smallest absolute Gasteiger partial charge is 0.0486 e. The molecule has 2 nitrogen and oxygen atoms in total. The summed E-state index contributed by atoms with van der Waals surface area (Å²) in [7, 11) is 0. The van der Waals surface area contributed by atoms with Crippen molar-refractivity contribution in [3.05, 3.63) is 71.4 Å². The maximum Gasteiger partial charge on any atom is 0.0486 e. The van der Waals surface area contributed by atoms with Crippen LogP contribution >= 0.6 is 0 Å².